The number of nitrogens with one attached hydrogen (secondary N) is 1. The molecule has 3 rings (SSSR count). The molecule has 0 spiro atoms. The Bertz CT molecular complexity index is 707. The second kappa shape index (κ2) is 5.94. The minimum Gasteiger partial charge on any atom is -0.399 e. The van der Waals surface area contributed by atoms with E-state index in [1.807, 2.05) is 65.8 Å². The molecule has 0 aliphatic carbocycles. The third kappa shape index (κ3) is 3.38. The van der Waals surface area contributed by atoms with Crippen molar-refractivity contribution in [3.05, 3.63) is 83.0 Å². The third-order valence-electron chi connectivity index (χ3n) is 3.23. The van der Waals surface area contributed by atoms with Gasteiger partial charge in [-0.05, 0) is 42.0 Å². The van der Waals surface area contributed by atoms with Gasteiger partial charge < -0.3 is 5.73 Å². The lowest BCUT2D eigenvalue weighted by molar-refractivity contribution is 0.313. The molecule has 21 heavy (non-hydrogen) atoms. The molecule has 0 saturated carbocycles. The summed E-state index contributed by atoms with van der Waals surface area (Å²) in [7, 11) is 0. The van der Waals surface area contributed by atoms with Crippen LogP contribution in [-0.2, 0) is 6.54 Å². The summed E-state index contributed by atoms with van der Waals surface area (Å²) in [5.41, 5.74) is 13.2. The summed E-state index contributed by atoms with van der Waals surface area (Å²) in [4.78, 5) is 0. The number of benzene rings is 2. The first kappa shape index (κ1) is 13.6. The molecule has 2 aromatic rings. The van der Waals surface area contributed by atoms with E-state index >= 15 is 0 Å². The number of halogens is 1. The number of rotatable bonds is 3. The molecule has 0 aromatic heterocycles. The first-order chi connectivity index (χ1) is 10.2. The largest absolute Gasteiger partial charge is 0.399 e. The summed E-state index contributed by atoms with van der Waals surface area (Å²) in [6.07, 6.45) is 6.04. The van der Waals surface area contributed by atoms with Crippen molar-refractivity contribution >= 4 is 23.0 Å². The van der Waals surface area contributed by atoms with Gasteiger partial charge in [0.15, 0.2) is 0 Å². The van der Waals surface area contributed by atoms with Gasteiger partial charge in [-0.3, -0.25) is 10.4 Å². The number of nitrogens with two attached hydrogens (primary N) is 1. The van der Waals surface area contributed by atoms with Crippen molar-refractivity contribution in [2.75, 3.05) is 5.73 Å². The Morgan fingerprint density at radius 1 is 1.10 bits per heavy atom. The van der Waals surface area contributed by atoms with E-state index in [2.05, 4.69) is 11.5 Å². The van der Waals surface area contributed by atoms with E-state index in [0.29, 0.717) is 0 Å². The van der Waals surface area contributed by atoms with Crippen molar-refractivity contribution in [2.45, 2.75) is 6.54 Å². The van der Waals surface area contributed by atoms with Crippen LogP contribution in [0.5, 0.6) is 0 Å². The molecule has 0 radical (unpaired) electrons. The predicted octanol–water partition coefficient (Wildman–Crippen LogP) is 3.80. The molecule has 1 heterocycles. The van der Waals surface area contributed by atoms with Crippen LogP contribution in [0, 0.1) is 0 Å². The summed E-state index contributed by atoms with van der Waals surface area (Å²) in [5, 5.41) is 2.75. The lowest BCUT2D eigenvalue weighted by Gasteiger charge is -2.27. The highest BCUT2D eigenvalue weighted by Gasteiger charge is 2.09. The minimum atomic E-state index is 0.729. The van der Waals surface area contributed by atoms with Crippen molar-refractivity contribution in [2.24, 2.45) is 0 Å². The standard InChI is InChI=1S/C17H16ClN3/c18-15-6-2-5-14(11-15)17-8-3-9-21(20-17)12-13-4-1-7-16(19)10-13/h1-11,20H,12,19H2. The van der Waals surface area contributed by atoms with Gasteiger partial charge >= 0.3 is 0 Å². The molecule has 0 saturated heterocycles. The maximum atomic E-state index is 6.05. The van der Waals surface area contributed by atoms with Gasteiger partial charge in [0, 0.05) is 22.5 Å². The van der Waals surface area contributed by atoms with Gasteiger partial charge in [-0.1, -0.05) is 35.9 Å². The van der Waals surface area contributed by atoms with E-state index in [1.165, 1.54) is 0 Å². The summed E-state index contributed by atoms with van der Waals surface area (Å²) in [5.74, 6) is 0. The van der Waals surface area contributed by atoms with E-state index < -0.39 is 0 Å². The predicted molar refractivity (Wildman–Crippen MR) is 88.1 cm³/mol. The first-order valence-corrected chi connectivity index (χ1v) is 7.11. The Labute approximate surface area is 129 Å². The Balaban J connectivity index is 1.74. The molecule has 2 aromatic carbocycles. The molecule has 0 amide bonds. The highest BCUT2D eigenvalue weighted by molar-refractivity contribution is 6.30. The summed E-state index contributed by atoms with van der Waals surface area (Å²) >= 11 is 6.05. The number of hydrogen-bond donors (Lipinski definition) is 2. The van der Waals surface area contributed by atoms with Crippen LogP contribution in [0.1, 0.15) is 11.1 Å². The van der Waals surface area contributed by atoms with Crippen molar-refractivity contribution in [1.82, 2.24) is 10.4 Å². The summed E-state index contributed by atoms with van der Waals surface area (Å²) in [6, 6.07) is 15.7. The highest BCUT2D eigenvalue weighted by atomic mass is 35.5. The number of nitrogens with zero attached hydrogens (tertiary/aromatic N) is 1. The molecule has 4 heteroatoms. The molecule has 1 aliphatic heterocycles. The van der Waals surface area contributed by atoms with Gasteiger partial charge in [-0.25, -0.2) is 0 Å². The average Bonchev–Trinajstić information content (AvgIpc) is 2.47. The smallest absolute Gasteiger partial charge is 0.0638 e. The second-order valence-corrected chi connectivity index (χ2v) is 5.35. The van der Waals surface area contributed by atoms with E-state index in [4.69, 9.17) is 17.3 Å². The zero-order valence-electron chi connectivity index (χ0n) is 11.5. The van der Waals surface area contributed by atoms with Crippen LogP contribution in [0.3, 0.4) is 0 Å². The molecular formula is C17H16ClN3. The van der Waals surface area contributed by atoms with Gasteiger partial charge in [0.2, 0.25) is 0 Å². The molecule has 0 unspecified atom stereocenters. The zero-order valence-corrected chi connectivity index (χ0v) is 12.2. The maximum Gasteiger partial charge on any atom is 0.0638 e. The summed E-state index contributed by atoms with van der Waals surface area (Å²) in [6.45, 7) is 0.736. The Kier molecular flexibility index (Phi) is 3.84. The fourth-order valence-electron chi connectivity index (χ4n) is 2.27. The van der Waals surface area contributed by atoms with Crippen LogP contribution in [0.4, 0.5) is 5.69 Å². The lowest BCUT2D eigenvalue weighted by Crippen LogP contribution is -2.33. The van der Waals surface area contributed by atoms with Crippen LogP contribution in [0.2, 0.25) is 5.02 Å². The van der Waals surface area contributed by atoms with Gasteiger partial charge in [0.1, 0.15) is 0 Å². The lowest BCUT2D eigenvalue weighted by atomic mass is 10.1. The molecule has 0 fully saturated rings. The fourth-order valence-corrected chi connectivity index (χ4v) is 2.46. The van der Waals surface area contributed by atoms with Crippen molar-refractivity contribution in [3.63, 3.8) is 0 Å². The number of hydrogen-bond acceptors (Lipinski definition) is 3. The van der Waals surface area contributed by atoms with Crippen LogP contribution in [0.15, 0.2) is 66.9 Å². The number of allylic oxidation sites excluding steroid dienone is 2. The second-order valence-electron chi connectivity index (χ2n) is 4.92. The molecule has 0 bridgehead atoms. The van der Waals surface area contributed by atoms with Crippen LogP contribution in [0.25, 0.3) is 5.70 Å². The molecular weight excluding hydrogens is 282 g/mol. The van der Waals surface area contributed by atoms with Gasteiger partial charge in [0.25, 0.3) is 0 Å². The van der Waals surface area contributed by atoms with Gasteiger partial charge in [-0.15, -0.1) is 0 Å². The topological polar surface area (TPSA) is 41.3 Å². The van der Waals surface area contributed by atoms with Gasteiger partial charge in [0.05, 0.1) is 12.2 Å². The quantitative estimate of drug-likeness (QED) is 0.847. The Morgan fingerprint density at radius 3 is 2.76 bits per heavy atom. The summed E-state index contributed by atoms with van der Waals surface area (Å²) < 4.78 is 0. The van der Waals surface area contributed by atoms with Crippen LogP contribution < -0.4 is 11.2 Å². The van der Waals surface area contributed by atoms with E-state index in [0.717, 1.165) is 34.1 Å². The fraction of sp³-hybridized carbons (Fsp3) is 0.0588. The van der Waals surface area contributed by atoms with E-state index in [-0.39, 0.29) is 0 Å². The number of hydrazine groups is 1. The van der Waals surface area contributed by atoms with E-state index in [9.17, 15) is 0 Å². The molecule has 3 nitrogen and oxygen atoms in total. The first-order valence-electron chi connectivity index (χ1n) is 6.73. The molecule has 0 atom stereocenters. The maximum absolute atomic E-state index is 6.05. The molecule has 106 valence electrons. The average molecular weight is 298 g/mol. The Hall–Kier alpha value is -2.39. The number of nitrogen functional groups attached to an aromatic ring is 1. The van der Waals surface area contributed by atoms with Crippen molar-refractivity contribution < 1.29 is 0 Å². The van der Waals surface area contributed by atoms with Crippen LogP contribution >= 0.6 is 11.6 Å². The molecule has 3 N–H and O–H groups in total. The van der Waals surface area contributed by atoms with Crippen molar-refractivity contribution in [1.29, 1.82) is 0 Å². The normalized spacial score (nSPS) is 13.8. The van der Waals surface area contributed by atoms with Crippen molar-refractivity contribution in [3.8, 4) is 0 Å². The monoisotopic (exact) mass is 297 g/mol. The SMILES string of the molecule is Nc1cccc(CN2C=CC=C(c3cccc(Cl)c3)N2)c1. The minimum absolute atomic E-state index is 0.729. The highest BCUT2D eigenvalue weighted by Crippen LogP contribution is 2.20. The van der Waals surface area contributed by atoms with Gasteiger partial charge in [-0.2, -0.15) is 0 Å². The zero-order chi connectivity index (χ0) is 14.7. The third-order valence-corrected chi connectivity index (χ3v) is 3.47. The van der Waals surface area contributed by atoms with E-state index in [1.54, 1.807) is 0 Å². The molecule has 1 aliphatic rings. The van der Waals surface area contributed by atoms with Crippen LogP contribution in [-0.4, -0.2) is 5.01 Å². The number of anilines is 1. The Morgan fingerprint density at radius 2 is 1.95 bits per heavy atom.